The molecule has 2 aliphatic heterocycles. The van der Waals surface area contributed by atoms with Crippen LogP contribution in [-0.2, 0) is 6.54 Å². The summed E-state index contributed by atoms with van der Waals surface area (Å²) in [5, 5.41) is 14.0. The topological polar surface area (TPSA) is 44.3 Å². The maximum Gasteiger partial charge on any atom is 0.205 e. The third-order valence-corrected chi connectivity index (χ3v) is 5.11. The van der Waals surface area contributed by atoms with Crippen LogP contribution in [0.1, 0.15) is 37.6 Å². The average Bonchev–Trinajstić information content (AvgIpc) is 3.03. The van der Waals surface area contributed by atoms with Crippen molar-refractivity contribution < 1.29 is 0 Å². The van der Waals surface area contributed by atoms with Crippen molar-refractivity contribution in [1.82, 2.24) is 20.0 Å². The van der Waals surface area contributed by atoms with Gasteiger partial charge in [-0.05, 0) is 45.3 Å². The van der Waals surface area contributed by atoms with Crippen molar-refractivity contribution in [3.8, 4) is 0 Å². The average molecular weight is 295 g/mol. The van der Waals surface area contributed by atoms with E-state index >= 15 is 0 Å². The fraction of sp³-hybridized carbons (Fsp3) is 0.857. The van der Waals surface area contributed by atoms with E-state index in [-0.39, 0.29) is 0 Å². The molecule has 5 nitrogen and oxygen atoms in total. The van der Waals surface area contributed by atoms with Crippen LogP contribution in [0.4, 0.5) is 5.13 Å². The lowest BCUT2D eigenvalue weighted by atomic mass is 10.2. The number of aromatic nitrogens is 2. The molecule has 1 atom stereocenters. The van der Waals surface area contributed by atoms with Gasteiger partial charge in [0.05, 0.1) is 6.54 Å². The number of nitrogens with one attached hydrogen (secondary N) is 1. The minimum absolute atomic E-state index is 0.781. The second-order valence-corrected chi connectivity index (χ2v) is 6.91. The minimum Gasteiger partial charge on any atom is -0.360 e. The summed E-state index contributed by atoms with van der Waals surface area (Å²) in [5.74, 6) is 0. The monoisotopic (exact) mass is 295 g/mol. The molecule has 20 heavy (non-hydrogen) atoms. The smallest absolute Gasteiger partial charge is 0.205 e. The van der Waals surface area contributed by atoms with Crippen molar-refractivity contribution in [1.29, 1.82) is 0 Å². The number of hydrogen-bond donors (Lipinski definition) is 1. The molecular formula is C14H25N5S. The summed E-state index contributed by atoms with van der Waals surface area (Å²) in [5.41, 5.74) is 0. The quantitative estimate of drug-likeness (QED) is 0.900. The summed E-state index contributed by atoms with van der Waals surface area (Å²) in [6, 6.07) is 0.781. The zero-order valence-electron chi connectivity index (χ0n) is 12.3. The van der Waals surface area contributed by atoms with Crippen LogP contribution in [-0.4, -0.2) is 58.8 Å². The molecule has 0 spiro atoms. The van der Waals surface area contributed by atoms with E-state index in [0.717, 1.165) is 35.7 Å². The van der Waals surface area contributed by atoms with Crippen molar-refractivity contribution in [3.63, 3.8) is 0 Å². The zero-order valence-corrected chi connectivity index (χ0v) is 13.2. The zero-order chi connectivity index (χ0) is 13.8. The highest BCUT2D eigenvalue weighted by Crippen LogP contribution is 2.23. The second-order valence-electron chi connectivity index (χ2n) is 5.85. The molecule has 2 saturated heterocycles. The third kappa shape index (κ3) is 3.48. The molecule has 1 unspecified atom stereocenters. The molecule has 0 bridgehead atoms. The van der Waals surface area contributed by atoms with Crippen LogP contribution >= 0.6 is 11.3 Å². The van der Waals surface area contributed by atoms with E-state index in [9.17, 15) is 0 Å². The van der Waals surface area contributed by atoms with Gasteiger partial charge < -0.3 is 5.32 Å². The van der Waals surface area contributed by atoms with Crippen LogP contribution < -0.4 is 5.32 Å². The van der Waals surface area contributed by atoms with E-state index in [1.54, 1.807) is 11.3 Å². The van der Waals surface area contributed by atoms with Gasteiger partial charge in [0, 0.05) is 19.1 Å². The SMILES string of the molecule is CCCNc1nnc(CN2CCCN3CCCC3C2)s1. The Balaban J connectivity index is 1.55. The number of fused-ring (bicyclic) bond motifs is 1. The van der Waals surface area contributed by atoms with E-state index in [4.69, 9.17) is 0 Å². The van der Waals surface area contributed by atoms with Crippen molar-refractivity contribution >= 4 is 16.5 Å². The first kappa shape index (κ1) is 14.2. The number of hydrogen-bond acceptors (Lipinski definition) is 6. The fourth-order valence-electron chi connectivity index (χ4n) is 3.24. The lowest BCUT2D eigenvalue weighted by Gasteiger charge is -2.24. The van der Waals surface area contributed by atoms with Crippen molar-refractivity contribution in [2.24, 2.45) is 0 Å². The maximum absolute atomic E-state index is 4.33. The lowest BCUT2D eigenvalue weighted by molar-refractivity contribution is 0.215. The van der Waals surface area contributed by atoms with E-state index in [1.165, 1.54) is 45.4 Å². The Morgan fingerprint density at radius 1 is 1.25 bits per heavy atom. The Bertz CT molecular complexity index is 421. The molecule has 3 heterocycles. The summed E-state index contributed by atoms with van der Waals surface area (Å²) in [6.45, 7) is 9.11. The van der Waals surface area contributed by atoms with E-state index in [1.807, 2.05) is 0 Å². The Kier molecular flexibility index (Phi) is 4.86. The molecule has 0 saturated carbocycles. The Morgan fingerprint density at radius 2 is 2.15 bits per heavy atom. The molecule has 3 rings (SSSR count). The molecule has 0 radical (unpaired) electrons. The summed E-state index contributed by atoms with van der Waals surface area (Å²) >= 11 is 1.71. The van der Waals surface area contributed by atoms with E-state index in [2.05, 4.69) is 32.2 Å². The molecular weight excluding hydrogens is 270 g/mol. The van der Waals surface area contributed by atoms with Gasteiger partial charge in [-0.25, -0.2) is 0 Å². The standard InChI is InChI=1S/C14H25N5S/c1-2-6-15-14-17-16-13(20-14)11-18-7-4-9-19-8-3-5-12(19)10-18/h12H,2-11H2,1H3,(H,15,17). The highest BCUT2D eigenvalue weighted by Gasteiger charge is 2.28. The minimum atomic E-state index is 0.781. The number of anilines is 1. The molecule has 1 aromatic heterocycles. The predicted molar refractivity (Wildman–Crippen MR) is 83.2 cm³/mol. The van der Waals surface area contributed by atoms with Crippen molar-refractivity contribution in [2.75, 3.05) is 38.0 Å². The van der Waals surface area contributed by atoms with Crippen molar-refractivity contribution in [3.05, 3.63) is 5.01 Å². The predicted octanol–water partition coefficient (Wildman–Crippen LogP) is 2.03. The highest BCUT2D eigenvalue weighted by atomic mass is 32.1. The second kappa shape index (κ2) is 6.83. The Hall–Kier alpha value is -0.720. The number of nitrogens with zero attached hydrogens (tertiary/aromatic N) is 4. The van der Waals surface area contributed by atoms with Crippen molar-refractivity contribution in [2.45, 2.75) is 45.2 Å². The number of rotatable bonds is 5. The van der Waals surface area contributed by atoms with Gasteiger partial charge in [0.1, 0.15) is 5.01 Å². The highest BCUT2D eigenvalue weighted by molar-refractivity contribution is 7.15. The molecule has 2 aliphatic rings. The molecule has 0 aromatic carbocycles. The van der Waals surface area contributed by atoms with Gasteiger partial charge in [0.2, 0.25) is 5.13 Å². The first-order valence-corrected chi connectivity index (χ1v) is 8.69. The van der Waals surface area contributed by atoms with Crippen LogP contribution in [0.2, 0.25) is 0 Å². The molecule has 1 N–H and O–H groups in total. The van der Waals surface area contributed by atoms with Gasteiger partial charge in [-0.2, -0.15) is 0 Å². The Labute approximate surface area is 125 Å². The van der Waals surface area contributed by atoms with Crippen LogP contribution in [0.5, 0.6) is 0 Å². The lowest BCUT2D eigenvalue weighted by Crippen LogP contribution is -2.36. The van der Waals surface area contributed by atoms with Crippen LogP contribution in [0.15, 0.2) is 0 Å². The van der Waals surface area contributed by atoms with Gasteiger partial charge in [0.25, 0.3) is 0 Å². The summed E-state index contributed by atoms with van der Waals surface area (Å²) in [4.78, 5) is 5.24. The largest absolute Gasteiger partial charge is 0.360 e. The molecule has 0 aliphatic carbocycles. The van der Waals surface area contributed by atoms with E-state index in [0.29, 0.717) is 0 Å². The summed E-state index contributed by atoms with van der Waals surface area (Å²) in [7, 11) is 0. The Morgan fingerprint density at radius 3 is 3.05 bits per heavy atom. The molecule has 1 aromatic rings. The normalized spacial score (nSPS) is 24.6. The molecule has 112 valence electrons. The van der Waals surface area contributed by atoms with Gasteiger partial charge in [0.15, 0.2) is 0 Å². The van der Waals surface area contributed by atoms with Crippen LogP contribution in [0, 0.1) is 0 Å². The summed E-state index contributed by atoms with van der Waals surface area (Å²) in [6.07, 6.45) is 5.16. The molecule has 0 amide bonds. The molecule has 6 heteroatoms. The van der Waals surface area contributed by atoms with Gasteiger partial charge in [-0.15, -0.1) is 10.2 Å². The summed E-state index contributed by atoms with van der Waals surface area (Å²) < 4.78 is 0. The van der Waals surface area contributed by atoms with Gasteiger partial charge >= 0.3 is 0 Å². The van der Waals surface area contributed by atoms with E-state index < -0.39 is 0 Å². The molecule has 2 fully saturated rings. The van der Waals surface area contributed by atoms with Crippen LogP contribution in [0.3, 0.4) is 0 Å². The maximum atomic E-state index is 4.33. The first-order chi connectivity index (χ1) is 9.85. The van der Waals surface area contributed by atoms with Crippen LogP contribution in [0.25, 0.3) is 0 Å². The third-order valence-electron chi connectivity index (χ3n) is 4.24. The first-order valence-electron chi connectivity index (χ1n) is 7.88. The van der Waals surface area contributed by atoms with Gasteiger partial charge in [-0.1, -0.05) is 18.3 Å². The van der Waals surface area contributed by atoms with Gasteiger partial charge in [-0.3, -0.25) is 9.80 Å². The fourth-order valence-corrected chi connectivity index (χ4v) is 4.05.